The summed E-state index contributed by atoms with van der Waals surface area (Å²) in [6, 6.07) is 6.10. The van der Waals surface area contributed by atoms with Crippen LogP contribution >= 0.6 is 0 Å². The van der Waals surface area contributed by atoms with Crippen molar-refractivity contribution in [2.75, 3.05) is 49.2 Å². The predicted molar refractivity (Wildman–Crippen MR) is 118 cm³/mol. The molecule has 3 heterocycles. The first-order valence-corrected chi connectivity index (χ1v) is 10.1. The third-order valence-electron chi connectivity index (χ3n) is 5.73. The van der Waals surface area contributed by atoms with Crippen LogP contribution in [0, 0.1) is 20.8 Å². The Labute approximate surface area is 175 Å². The Hall–Kier alpha value is -3.20. The molecule has 0 atom stereocenters. The van der Waals surface area contributed by atoms with Crippen molar-refractivity contribution in [3.8, 4) is 0 Å². The summed E-state index contributed by atoms with van der Waals surface area (Å²) in [6.45, 7) is 10.0. The first-order valence-electron chi connectivity index (χ1n) is 10.1. The molecule has 1 amide bonds. The van der Waals surface area contributed by atoms with E-state index in [9.17, 15) is 4.79 Å². The molecule has 1 aliphatic heterocycles. The van der Waals surface area contributed by atoms with E-state index in [1.54, 1.807) is 4.52 Å². The molecule has 0 radical (unpaired) electrons. The van der Waals surface area contributed by atoms with Crippen molar-refractivity contribution in [3.63, 3.8) is 0 Å². The number of benzene rings is 1. The van der Waals surface area contributed by atoms with E-state index in [-0.39, 0.29) is 18.3 Å². The Morgan fingerprint density at radius 3 is 2.57 bits per heavy atom. The largest absolute Gasteiger partial charge is 0.369 e. The van der Waals surface area contributed by atoms with E-state index in [0.717, 1.165) is 54.4 Å². The second-order valence-corrected chi connectivity index (χ2v) is 7.96. The van der Waals surface area contributed by atoms with E-state index in [1.807, 2.05) is 26.0 Å². The number of nitrogens with one attached hydrogen (secondary N) is 1. The number of nitrogens with zero attached hydrogens (tertiary/aromatic N) is 6. The van der Waals surface area contributed by atoms with E-state index in [1.165, 1.54) is 5.69 Å². The van der Waals surface area contributed by atoms with Gasteiger partial charge in [0, 0.05) is 54.5 Å². The average Bonchev–Trinajstić information content (AvgIpc) is 3.06. The minimum Gasteiger partial charge on any atom is -0.369 e. The maximum atomic E-state index is 12.7. The number of nitrogens with two attached hydrogens (primary N) is 1. The number of hydrogen-bond acceptors (Lipinski definition) is 7. The fourth-order valence-electron chi connectivity index (χ4n) is 3.98. The van der Waals surface area contributed by atoms with Crippen LogP contribution in [-0.2, 0) is 11.2 Å². The van der Waals surface area contributed by atoms with Gasteiger partial charge in [-0.3, -0.25) is 4.79 Å². The van der Waals surface area contributed by atoms with Crippen molar-refractivity contribution in [2.24, 2.45) is 0 Å². The van der Waals surface area contributed by atoms with E-state index in [4.69, 9.17) is 5.73 Å². The van der Waals surface area contributed by atoms with Gasteiger partial charge in [-0.15, -0.1) is 5.10 Å². The Bertz CT molecular complexity index is 1100. The molecule has 0 bridgehead atoms. The number of aryl methyl sites for hydroxylation is 3. The summed E-state index contributed by atoms with van der Waals surface area (Å²) in [4.78, 5) is 26.0. The predicted octanol–water partition coefficient (Wildman–Crippen LogP) is 1.56. The third-order valence-corrected chi connectivity index (χ3v) is 5.73. The van der Waals surface area contributed by atoms with Gasteiger partial charge in [0.25, 0.3) is 5.78 Å². The lowest BCUT2D eigenvalue weighted by Gasteiger charge is -2.35. The zero-order valence-electron chi connectivity index (χ0n) is 17.9. The zero-order chi connectivity index (χ0) is 21.4. The molecular weight excluding hydrogens is 380 g/mol. The van der Waals surface area contributed by atoms with Gasteiger partial charge < -0.3 is 20.9 Å². The maximum absolute atomic E-state index is 12.7. The molecule has 30 heavy (non-hydrogen) atoms. The number of carbonyl (C=O) groups excluding carboxylic acids is 1. The van der Waals surface area contributed by atoms with E-state index in [2.05, 4.69) is 50.2 Å². The summed E-state index contributed by atoms with van der Waals surface area (Å²) in [5.41, 5.74) is 11.3. The van der Waals surface area contributed by atoms with Crippen LogP contribution in [0.25, 0.3) is 5.78 Å². The number of anilines is 3. The molecule has 1 aromatic carbocycles. The summed E-state index contributed by atoms with van der Waals surface area (Å²) in [5.74, 6) is 0.520. The summed E-state index contributed by atoms with van der Waals surface area (Å²) in [6.07, 6.45) is 0.208. The number of piperazine rings is 1. The number of fused-ring (bicyclic) bond motifs is 1. The highest BCUT2D eigenvalue weighted by Crippen LogP contribution is 2.25. The molecule has 9 heteroatoms. The zero-order valence-corrected chi connectivity index (χ0v) is 17.9. The molecule has 9 nitrogen and oxygen atoms in total. The van der Waals surface area contributed by atoms with Gasteiger partial charge in [-0.1, -0.05) is 0 Å². The van der Waals surface area contributed by atoms with Gasteiger partial charge in [0.15, 0.2) is 0 Å². The SMILES string of the molecule is Cc1cc(NC(=O)Cc2c(C)nc3nc(N)nn3c2C)ccc1N1CCN(C)CC1. The van der Waals surface area contributed by atoms with E-state index >= 15 is 0 Å². The van der Waals surface area contributed by atoms with Crippen LogP contribution < -0.4 is 16.0 Å². The van der Waals surface area contributed by atoms with Crippen LogP contribution in [0.4, 0.5) is 17.3 Å². The molecule has 0 saturated carbocycles. The normalized spacial score (nSPS) is 15.0. The van der Waals surface area contributed by atoms with E-state index in [0.29, 0.717) is 5.78 Å². The smallest absolute Gasteiger partial charge is 0.254 e. The van der Waals surface area contributed by atoms with Crippen molar-refractivity contribution in [1.82, 2.24) is 24.5 Å². The minimum absolute atomic E-state index is 0.0952. The summed E-state index contributed by atoms with van der Waals surface area (Å²) < 4.78 is 1.58. The Kier molecular flexibility index (Phi) is 5.29. The first kappa shape index (κ1) is 20.1. The quantitative estimate of drug-likeness (QED) is 0.675. The van der Waals surface area contributed by atoms with Gasteiger partial charge in [0.2, 0.25) is 11.9 Å². The van der Waals surface area contributed by atoms with Crippen molar-refractivity contribution < 1.29 is 4.79 Å². The Morgan fingerprint density at radius 2 is 1.87 bits per heavy atom. The molecule has 3 N–H and O–H groups in total. The average molecular weight is 409 g/mol. The van der Waals surface area contributed by atoms with Gasteiger partial charge in [-0.25, -0.2) is 4.98 Å². The molecular formula is C21H28N8O. The standard InChI is InChI=1S/C21H28N8O/c1-13-11-16(5-6-18(13)28-9-7-27(4)8-10-28)24-19(30)12-17-14(2)23-21-25-20(22)26-29(21)15(17)3/h5-6,11H,7-10,12H2,1-4H3,(H2,22,26)(H,24,30). The van der Waals surface area contributed by atoms with Crippen LogP contribution in [0.15, 0.2) is 18.2 Å². The monoisotopic (exact) mass is 408 g/mol. The number of hydrogen-bond donors (Lipinski definition) is 2. The van der Waals surface area contributed by atoms with E-state index < -0.39 is 0 Å². The second kappa shape index (κ2) is 7.91. The van der Waals surface area contributed by atoms with Crippen LogP contribution in [0.5, 0.6) is 0 Å². The Morgan fingerprint density at radius 1 is 1.13 bits per heavy atom. The molecule has 4 rings (SSSR count). The highest BCUT2D eigenvalue weighted by Gasteiger charge is 2.18. The highest BCUT2D eigenvalue weighted by molar-refractivity contribution is 5.93. The number of carbonyl (C=O) groups is 1. The van der Waals surface area contributed by atoms with Gasteiger partial charge in [0.1, 0.15) is 0 Å². The number of amides is 1. The molecule has 2 aromatic heterocycles. The van der Waals surface area contributed by atoms with Crippen LogP contribution in [0.2, 0.25) is 0 Å². The Balaban J connectivity index is 1.48. The van der Waals surface area contributed by atoms with Crippen molar-refractivity contribution in [2.45, 2.75) is 27.2 Å². The first-order chi connectivity index (χ1) is 14.3. The van der Waals surface area contributed by atoms with Crippen LogP contribution in [0.1, 0.15) is 22.5 Å². The van der Waals surface area contributed by atoms with Gasteiger partial charge >= 0.3 is 0 Å². The lowest BCUT2D eigenvalue weighted by molar-refractivity contribution is -0.115. The van der Waals surface area contributed by atoms with Gasteiger partial charge in [-0.2, -0.15) is 9.50 Å². The molecule has 1 saturated heterocycles. The summed E-state index contributed by atoms with van der Waals surface area (Å²) >= 11 is 0. The van der Waals surface area contributed by atoms with Gasteiger partial charge in [0.05, 0.1) is 6.42 Å². The molecule has 0 unspecified atom stereocenters. The minimum atomic E-state index is -0.0952. The molecule has 0 spiro atoms. The molecule has 1 aliphatic rings. The second-order valence-electron chi connectivity index (χ2n) is 7.96. The summed E-state index contributed by atoms with van der Waals surface area (Å²) in [5, 5.41) is 7.17. The van der Waals surface area contributed by atoms with Crippen molar-refractivity contribution >= 4 is 29.0 Å². The summed E-state index contributed by atoms with van der Waals surface area (Å²) in [7, 11) is 2.15. The third kappa shape index (κ3) is 3.93. The lowest BCUT2D eigenvalue weighted by atomic mass is 10.1. The number of rotatable bonds is 4. The van der Waals surface area contributed by atoms with Crippen molar-refractivity contribution in [3.05, 3.63) is 40.7 Å². The highest BCUT2D eigenvalue weighted by atomic mass is 16.1. The number of aromatic nitrogens is 4. The lowest BCUT2D eigenvalue weighted by Crippen LogP contribution is -2.44. The molecule has 0 aliphatic carbocycles. The van der Waals surface area contributed by atoms with Gasteiger partial charge in [-0.05, 0) is 51.6 Å². The molecule has 1 fully saturated rings. The number of likely N-dealkylation sites (N-methyl/N-ethyl adjacent to an activating group) is 1. The fraction of sp³-hybridized carbons (Fsp3) is 0.429. The molecule has 158 valence electrons. The van der Waals surface area contributed by atoms with Crippen molar-refractivity contribution in [1.29, 1.82) is 0 Å². The fourth-order valence-corrected chi connectivity index (χ4v) is 3.98. The van der Waals surface area contributed by atoms with Crippen LogP contribution in [-0.4, -0.2) is 63.6 Å². The molecule has 3 aromatic rings. The maximum Gasteiger partial charge on any atom is 0.254 e. The topological polar surface area (TPSA) is 105 Å². The number of nitrogen functional groups attached to an aromatic ring is 1. The van der Waals surface area contributed by atoms with Crippen LogP contribution in [0.3, 0.4) is 0 Å².